The van der Waals surface area contributed by atoms with Crippen molar-refractivity contribution < 1.29 is 9.84 Å². The van der Waals surface area contributed by atoms with E-state index >= 15 is 0 Å². The minimum atomic E-state index is 0.111. The number of hydrogen-bond acceptors (Lipinski definition) is 2. The minimum absolute atomic E-state index is 0.111. The van der Waals surface area contributed by atoms with Crippen LogP contribution < -0.4 is 15.1 Å². The van der Waals surface area contributed by atoms with Crippen LogP contribution in [0.5, 0.6) is 5.75 Å². The summed E-state index contributed by atoms with van der Waals surface area (Å²) in [6.45, 7) is 2.60. The van der Waals surface area contributed by atoms with Crippen LogP contribution in [0.4, 0.5) is 0 Å². The molecule has 2 aromatic rings. The van der Waals surface area contributed by atoms with Crippen molar-refractivity contribution in [3.05, 3.63) is 60.2 Å². The van der Waals surface area contributed by atoms with Gasteiger partial charge in [-0.05, 0) is 36.8 Å². The van der Waals surface area contributed by atoms with E-state index < -0.39 is 0 Å². The third-order valence-electron chi connectivity index (χ3n) is 2.40. The molecule has 0 heterocycles. The Morgan fingerprint density at radius 3 is 2.33 bits per heavy atom. The van der Waals surface area contributed by atoms with Gasteiger partial charge in [0.2, 0.25) is 0 Å². The molecule has 0 amide bonds. The fourth-order valence-electron chi connectivity index (χ4n) is 1.55. The summed E-state index contributed by atoms with van der Waals surface area (Å²) in [5.41, 5.74) is 0.854. The van der Waals surface area contributed by atoms with Gasteiger partial charge in [0.15, 0.2) is 0 Å². The molecule has 2 nitrogen and oxygen atoms in total. The van der Waals surface area contributed by atoms with Gasteiger partial charge in [0, 0.05) is 5.30 Å². The fourth-order valence-corrected chi connectivity index (χ4v) is 2.36. The van der Waals surface area contributed by atoms with Crippen LogP contribution in [-0.4, -0.2) is 12.1 Å². The first kappa shape index (κ1) is 12.8. The van der Waals surface area contributed by atoms with E-state index in [1.807, 2.05) is 61.5 Å². The molecular formula is C15H14O2P-. The van der Waals surface area contributed by atoms with Gasteiger partial charge in [0.25, 0.3) is 0 Å². The molecule has 0 radical (unpaired) electrons. The van der Waals surface area contributed by atoms with Crippen LogP contribution >= 0.6 is 8.20 Å². The lowest BCUT2D eigenvalue weighted by Crippen LogP contribution is -2.17. The van der Waals surface area contributed by atoms with Crippen molar-refractivity contribution in [2.24, 2.45) is 0 Å². The molecule has 0 fully saturated rings. The Balaban J connectivity index is 2.17. The van der Waals surface area contributed by atoms with E-state index in [2.05, 4.69) is 0 Å². The maximum absolute atomic E-state index is 12.0. The highest BCUT2D eigenvalue weighted by molar-refractivity contribution is 7.48. The molecule has 0 bridgehead atoms. The molecule has 3 heteroatoms. The summed E-state index contributed by atoms with van der Waals surface area (Å²) >= 11 is 0. The van der Waals surface area contributed by atoms with Crippen molar-refractivity contribution in [1.29, 1.82) is 0 Å². The van der Waals surface area contributed by atoms with Gasteiger partial charge < -0.3 is 9.84 Å². The third kappa shape index (κ3) is 3.43. The second kappa shape index (κ2) is 6.34. The predicted molar refractivity (Wildman–Crippen MR) is 74.7 cm³/mol. The number of rotatable bonds is 4. The molecule has 0 atom stereocenters. The van der Waals surface area contributed by atoms with Gasteiger partial charge in [0.05, 0.1) is 6.61 Å². The van der Waals surface area contributed by atoms with E-state index in [0.717, 1.165) is 16.6 Å². The minimum Gasteiger partial charge on any atom is -0.823 e. The monoisotopic (exact) mass is 257 g/mol. The van der Waals surface area contributed by atoms with E-state index in [0.29, 0.717) is 14.8 Å². The number of hydrogen-bond donors (Lipinski definition) is 0. The molecular weight excluding hydrogens is 243 g/mol. The molecule has 0 spiro atoms. The van der Waals surface area contributed by atoms with Gasteiger partial charge in [-0.2, -0.15) is 0 Å². The van der Waals surface area contributed by atoms with Crippen LogP contribution in [0, 0.1) is 0 Å². The van der Waals surface area contributed by atoms with Crippen LogP contribution in [0.2, 0.25) is 0 Å². The van der Waals surface area contributed by atoms with Crippen molar-refractivity contribution in [2.75, 3.05) is 6.61 Å². The smallest absolute Gasteiger partial charge is 0.119 e. The van der Waals surface area contributed by atoms with E-state index in [-0.39, 0.29) is 5.48 Å². The Morgan fingerprint density at radius 2 is 1.72 bits per heavy atom. The lowest BCUT2D eigenvalue weighted by atomic mass is 10.2. The molecule has 0 saturated heterocycles. The number of ether oxygens (including phenoxy) is 1. The Morgan fingerprint density at radius 1 is 1.06 bits per heavy atom. The Hall–Kier alpha value is -1.63. The van der Waals surface area contributed by atoms with Crippen LogP contribution in [-0.2, 0) is 0 Å². The fraction of sp³-hybridized carbons (Fsp3) is 0.133. The second-order valence-electron chi connectivity index (χ2n) is 3.71. The maximum atomic E-state index is 12.0. The lowest BCUT2D eigenvalue weighted by Gasteiger charge is -2.11. The average molecular weight is 257 g/mol. The van der Waals surface area contributed by atoms with E-state index in [4.69, 9.17) is 4.74 Å². The maximum Gasteiger partial charge on any atom is 0.119 e. The van der Waals surface area contributed by atoms with Crippen LogP contribution in [0.25, 0.3) is 0 Å². The largest absolute Gasteiger partial charge is 0.823 e. The van der Waals surface area contributed by atoms with Gasteiger partial charge >= 0.3 is 0 Å². The summed E-state index contributed by atoms with van der Waals surface area (Å²) < 4.78 is 5.36. The normalized spacial score (nSPS) is 11.3. The predicted octanol–water partition coefficient (Wildman–Crippen LogP) is 2.20. The molecule has 0 aliphatic carbocycles. The zero-order valence-corrected chi connectivity index (χ0v) is 11.1. The van der Waals surface area contributed by atoms with Crippen molar-refractivity contribution >= 4 is 19.0 Å². The van der Waals surface area contributed by atoms with Crippen molar-refractivity contribution in [3.63, 3.8) is 0 Å². The molecule has 18 heavy (non-hydrogen) atoms. The summed E-state index contributed by atoms with van der Waals surface area (Å²) in [4.78, 5) is 0. The van der Waals surface area contributed by atoms with Crippen LogP contribution in [0.15, 0.2) is 54.6 Å². The Bertz CT molecular complexity index is 518. The third-order valence-corrected chi connectivity index (χ3v) is 3.42. The standard InChI is InChI=1S/C15H15O2P/c1-2-17-13-8-10-14(11-9-13)18-15(16)12-6-4-3-5-7-12/h3-11,16H,2H2,1H3/p-1. The first-order valence-corrected chi connectivity index (χ1v) is 6.73. The Labute approximate surface area is 109 Å². The lowest BCUT2D eigenvalue weighted by molar-refractivity contribution is -0.207. The highest BCUT2D eigenvalue weighted by Crippen LogP contribution is 2.11. The molecule has 0 saturated carbocycles. The summed E-state index contributed by atoms with van der Waals surface area (Å²) in [6, 6.07) is 17.0. The first-order chi connectivity index (χ1) is 8.79. The van der Waals surface area contributed by atoms with Gasteiger partial charge in [-0.15, -0.1) is 5.48 Å². The van der Waals surface area contributed by atoms with Crippen LogP contribution in [0.3, 0.4) is 0 Å². The van der Waals surface area contributed by atoms with E-state index in [9.17, 15) is 5.11 Å². The molecule has 2 rings (SSSR count). The van der Waals surface area contributed by atoms with Gasteiger partial charge in [-0.1, -0.05) is 38.5 Å². The highest BCUT2D eigenvalue weighted by atomic mass is 31.1. The zero-order valence-electron chi connectivity index (χ0n) is 10.2. The van der Waals surface area contributed by atoms with Crippen molar-refractivity contribution in [3.8, 4) is 5.75 Å². The van der Waals surface area contributed by atoms with Gasteiger partial charge in [-0.25, -0.2) is 0 Å². The summed E-state index contributed by atoms with van der Waals surface area (Å²) in [7, 11) is 0.694. The van der Waals surface area contributed by atoms with Gasteiger partial charge in [0.1, 0.15) is 5.75 Å². The zero-order chi connectivity index (χ0) is 12.8. The average Bonchev–Trinajstić information content (AvgIpc) is 2.42. The molecule has 2 aromatic carbocycles. The van der Waals surface area contributed by atoms with E-state index in [1.54, 1.807) is 0 Å². The van der Waals surface area contributed by atoms with Gasteiger partial charge in [-0.3, -0.25) is 0 Å². The summed E-state index contributed by atoms with van der Waals surface area (Å²) in [5, 5.41) is 13.0. The Kier molecular flexibility index (Phi) is 4.52. The van der Waals surface area contributed by atoms with E-state index in [1.165, 1.54) is 0 Å². The molecule has 0 aliphatic heterocycles. The van der Waals surface area contributed by atoms with Crippen molar-refractivity contribution in [1.82, 2.24) is 0 Å². The number of benzene rings is 2. The summed E-state index contributed by atoms with van der Waals surface area (Å²) in [5.74, 6) is 0.837. The topological polar surface area (TPSA) is 32.3 Å². The molecule has 0 unspecified atom stereocenters. The SMILES string of the molecule is CCOc1ccc(P=C([O-])c2ccccc2)cc1. The second-order valence-corrected chi connectivity index (χ2v) is 4.86. The quantitative estimate of drug-likeness (QED) is 0.786. The van der Waals surface area contributed by atoms with Crippen molar-refractivity contribution in [2.45, 2.75) is 6.92 Å². The van der Waals surface area contributed by atoms with Crippen LogP contribution in [0.1, 0.15) is 12.5 Å². The molecule has 92 valence electrons. The summed E-state index contributed by atoms with van der Waals surface area (Å²) in [6.07, 6.45) is 0. The molecule has 0 aliphatic rings. The highest BCUT2D eigenvalue weighted by Gasteiger charge is 1.93. The molecule has 0 N–H and O–H groups in total. The molecule has 0 aromatic heterocycles. The first-order valence-electron chi connectivity index (χ1n) is 5.83.